The van der Waals surface area contributed by atoms with Gasteiger partial charge in [0, 0.05) is 28.0 Å². The summed E-state index contributed by atoms with van der Waals surface area (Å²) in [6, 6.07) is 13.9. The van der Waals surface area contributed by atoms with Gasteiger partial charge in [0.25, 0.3) is 15.9 Å². The Hall–Kier alpha value is -2.97. The van der Waals surface area contributed by atoms with E-state index in [2.05, 4.69) is 20.0 Å². The average molecular weight is 417 g/mol. The molecule has 3 rings (SSSR count). The van der Waals surface area contributed by atoms with Gasteiger partial charge in [-0.05, 0) is 56.3 Å². The molecule has 0 bridgehead atoms. The first-order valence-electron chi connectivity index (χ1n) is 8.25. The van der Waals surface area contributed by atoms with Crippen molar-refractivity contribution < 1.29 is 13.2 Å². The summed E-state index contributed by atoms with van der Waals surface area (Å²) in [5.74, 6) is 0.322. The largest absolute Gasteiger partial charge is 0.322 e. The van der Waals surface area contributed by atoms with E-state index >= 15 is 0 Å². The minimum absolute atomic E-state index is 0.0437. The van der Waals surface area contributed by atoms with Gasteiger partial charge >= 0.3 is 0 Å². The van der Waals surface area contributed by atoms with Crippen LogP contribution in [0.4, 0.5) is 11.5 Å². The number of halogens is 1. The molecular formula is C19H17ClN4O3S. The number of amides is 1. The fourth-order valence-corrected chi connectivity index (χ4v) is 3.70. The molecule has 1 amide bonds. The maximum atomic E-state index is 12.5. The van der Waals surface area contributed by atoms with E-state index in [0.29, 0.717) is 27.8 Å². The van der Waals surface area contributed by atoms with Crippen LogP contribution in [0, 0.1) is 13.8 Å². The summed E-state index contributed by atoms with van der Waals surface area (Å²) >= 11 is 5.89. The molecule has 0 spiro atoms. The Bertz CT molecular complexity index is 1110. The molecule has 0 fully saturated rings. The Morgan fingerprint density at radius 2 is 1.71 bits per heavy atom. The first-order chi connectivity index (χ1) is 13.2. The van der Waals surface area contributed by atoms with E-state index < -0.39 is 10.0 Å². The van der Waals surface area contributed by atoms with Crippen LogP contribution in [0.15, 0.2) is 59.5 Å². The Balaban J connectivity index is 1.75. The summed E-state index contributed by atoms with van der Waals surface area (Å²) in [5, 5.41) is 3.15. The molecule has 0 unspecified atom stereocenters. The molecule has 2 N–H and O–H groups in total. The molecule has 7 nitrogen and oxygen atoms in total. The number of carbonyl (C=O) groups is 1. The van der Waals surface area contributed by atoms with Gasteiger partial charge in [-0.3, -0.25) is 9.52 Å². The van der Waals surface area contributed by atoms with Crippen molar-refractivity contribution >= 4 is 39.0 Å². The van der Waals surface area contributed by atoms with Crippen LogP contribution in [0.3, 0.4) is 0 Å². The van der Waals surface area contributed by atoms with Crippen LogP contribution in [0.2, 0.25) is 5.02 Å². The molecule has 1 aromatic heterocycles. The summed E-state index contributed by atoms with van der Waals surface area (Å²) in [7, 11) is -3.82. The number of anilines is 2. The van der Waals surface area contributed by atoms with Crippen molar-refractivity contribution in [2.75, 3.05) is 10.0 Å². The molecule has 0 saturated carbocycles. The molecule has 2 aromatic carbocycles. The summed E-state index contributed by atoms with van der Waals surface area (Å²) in [4.78, 5) is 20.5. The second-order valence-corrected chi connectivity index (χ2v) is 8.15. The number of rotatable bonds is 5. The van der Waals surface area contributed by atoms with Crippen LogP contribution < -0.4 is 10.0 Å². The maximum Gasteiger partial charge on any atom is 0.263 e. The number of aryl methyl sites for hydroxylation is 2. The van der Waals surface area contributed by atoms with Gasteiger partial charge < -0.3 is 5.32 Å². The molecule has 9 heteroatoms. The number of benzene rings is 2. The number of carbonyl (C=O) groups excluding carboxylic acids is 1. The lowest BCUT2D eigenvalue weighted by Crippen LogP contribution is -2.15. The molecular weight excluding hydrogens is 400 g/mol. The summed E-state index contributed by atoms with van der Waals surface area (Å²) in [6.45, 7) is 3.44. The van der Waals surface area contributed by atoms with E-state index in [4.69, 9.17) is 11.6 Å². The number of sulfonamides is 1. The van der Waals surface area contributed by atoms with Gasteiger partial charge in [0.05, 0.1) is 4.90 Å². The van der Waals surface area contributed by atoms with E-state index in [1.165, 1.54) is 24.3 Å². The van der Waals surface area contributed by atoms with Crippen LogP contribution in [0.5, 0.6) is 0 Å². The monoisotopic (exact) mass is 416 g/mol. The highest BCUT2D eigenvalue weighted by molar-refractivity contribution is 7.92. The zero-order valence-corrected chi connectivity index (χ0v) is 16.7. The zero-order valence-electron chi connectivity index (χ0n) is 15.1. The van der Waals surface area contributed by atoms with Crippen molar-refractivity contribution in [3.63, 3.8) is 0 Å². The maximum absolute atomic E-state index is 12.5. The van der Waals surface area contributed by atoms with Crippen molar-refractivity contribution in [2.24, 2.45) is 0 Å². The van der Waals surface area contributed by atoms with Crippen LogP contribution in [-0.2, 0) is 10.0 Å². The molecule has 0 aliphatic carbocycles. The van der Waals surface area contributed by atoms with Gasteiger partial charge in [-0.1, -0.05) is 17.7 Å². The van der Waals surface area contributed by atoms with Crippen molar-refractivity contribution in [1.82, 2.24) is 9.97 Å². The van der Waals surface area contributed by atoms with Gasteiger partial charge in [-0.2, -0.15) is 0 Å². The van der Waals surface area contributed by atoms with E-state index in [1.807, 2.05) is 0 Å². The highest BCUT2D eigenvalue weighted by Crippen LogP contribution is 2.19. The Kier molecular flexibility index (Phi) is 5.62. The van der Waals surface area contributed by atoms with Crippen LogP contribution in [0.25, 0.3) is 0 Å². The first-order valence-corrected chi connectivity index (χ1v) is 10.1. The highest BCUT2D eigenvalue weighted by Gasteiger charge is 2.16. The Morgan fingerprint density at radius 1 is 1.00 bits per heavy atom. The van der Waals surface area contributed by atoms with E-state index in [0.717, 1.165) is 0 Å². The quantitative estimate of drug-likeness (QED) is 0.658. The number of nitrogens with zero attached hydrogens (tertiary/aromatic N) is 2. The Morgan fingerprint density at radius 3 is 2.36 bits per heavy atom. The summed E-state index contributed by atoms with van der Waals surface area (Å²) in [5.41, 5.74) is 1.52. The minimum Gasteiger partial charge on any atom is -0.322 e. The van der Waals surface area contributed by atoms with Crippen LogP contribution >= 0.6 is 11.6 Å². The predicted molar refractivity (Wildman–Crippen MR) is 108 cm³/mol. The molecule has 0 atom stereocenters. The number of aromatic nitrogens is 2. The molecule has 0 aliphatic heterocycles. The van der Waals surface area contributed by atoms with Gasteiger partial charge in [-0.25, -0.2) is 18.4 Å². The van der Waals surface area contributed by atoms with Crippen molar-refractivity contribution in [1.29, 1.82) is 0 Å². The highest BCUT2D eigenvalue weighted by atomic mass is 35.5. The van der Waals surface area contributed by atoms with Crippen LogP contribution in [0.1, 0.15) is 21.9 Å². The van der Waals surface area contributed by atoms with Gasteiger partial charge in [0.15, 0.2) is 0 Å². The summed E-state index contributed by atoms with van der Waals surface area (Å²) < 4.78 is 27.5. The van der Waals surface area contributed by atoms with Gasteiger partial charge in [0.1, 0.15) is 11.6 Å². The lowest BCUT2D eigenvalue weighted by Gasteiger charge is -2.10. The number of hydrogen-bond acceptors (Lipinski definition) is 5. The lowest BCUT2D eigenvalue weighted by atomic mass is 10.2. The molecule has 144 valence electrons. The molecule has 0 saturated heterocycles. The molecule has 0 aliphatic rings. The number of hydrogen-bond donors (Lipinski definition) is 2. The third-order valence-corrected chi connectivity index (χ3v) is 5.32. The molecule has 3 aromatic rings. The standard InChI is InChI=1S/C19H17ClN4O3S/c1-12-10-18(22-13(2)21-12)24-28(26,27)17-8-6-16(7-9-17)23-19(25)14-4-3-5-15(20)11-14/h3-11H,1-2H3,(H,23,25)(H,21,22,24). The van der Waals surface area contributed by atoms with Crippen molar-refractivity contribution in [2.45, 2.75) is 18.7 Å². The molecule has 0 radical (unpaired) electrons. The van der Waals surface area contributed by atoms with E-state index in [-0.39, 0.29) is 16.6 Å². The predicted octanol–water partition coefficient (Wildman–Crippen LogP) is 3.80. The van der Waals surface area contributed by atoms with Crippen molar-refractivity contribution in [3.05, 3.63) is 76.7 Å². The summed E-state index contributed by atoms with van der Waals surface area (Å²) in [6.07, 6.45) is 0. The van der Waals surface area contributed by atoms with E-state index in [9.17, 15) is 13.2 Å². The van der Waals surface area contributed by atoms with Crippen molar-refractivity contribution in [3.8, 4) is 0 Å². The third-order valence-electron chi connectivity index (χ3n) is 3.71. The fourth-order valence-electron chi connectivity index (χ4n) is 2.52. The minimum atomic E-state index is -3.82. The topological polar surface area (TPSA) is 101 Å². The smallest absolute Gasteiger partial charge is 0.263 e. The van der Waals surface area contributed by atoms with Gasteiger partial charge in [0.2, 0.25) is 0 Å². The lowest BCUT2D eigenvalue weighted by molar-refractivity contribution is 0.102. The fraction of sp³-hybridized carbons (Fsp3) is 0.105. The zero-order chi connectivity index (χ0) is 20.3. The van der Waals surface area contributed by atoms with Gasteiger partial charge in [-0.15, -0.1) is 0 Å². The average Bonchev–Trinajstić information content (AvgIpc) is 2.61. The molecule has 1 heterocycles. The van der Waals surface area contributed by atoms with E-state index in [1.54, 1.807) is 44.2 Å². The SMILES string of the molecule is Cc1cc(NS(=O)(=O)c2ccc(NC(=O)c3cccc(Cl)c3)cc2)nc(C)n1. The normalized spacial score (nSPS) is 11.1. The molecule has 28 heavy (non-hydrogen) atoms. The first kappa shape index (κ1) is 19.8. The third kappa shape index (κ3) is 4.85. The second kappa shape index (κ2) is 7.95. The Labute approximate surface area is 167 Å². The van der Waals surface area contributed by atoms with Crippen LogP contribution in [-0.4, -0.2) is 24.3 Å². The second-order valence-electron chi connectivity index (χ2n) is 6.04. The number of nitrogens with one attached hydrogen (secondary N) is 2.